The van der Waals surface area contributed by atoms with E-state index in [-0.39, 0.29) is 10.2 Å². The van der Waals surface area contributed by atoms with E-state index < -0.39 is 23.5 Å². The van der Waals surface area contributed by atoms with Gasteiger partial charge in [-0.3, -0.25) is 0 Å². The van der Waals surface area contributed by atoms with Gasteiger partial charge in [-0.05, 0) is 12.1 Å². The highest BCUT2D eigenvalue weighted by Gasteiger charge is 2.71. The number of fused-ring (bicyclic) bond motifs is 1. The van der Waals surface area contributed by atoms with E-state index in [1.165, 1.54) is 7.05 Å². The summed E-state index contributed by atoms with van der Waals surface area (Å²) in [6.07, 6.45) is -11.8. The van der Waals surface area contributed by atoms with Crippen molar-refractivity contribution in [3.63, 3.8) is 0 Å². The Morgan fingerprint density at radius 2 is 1.67 bits per heavy atom. The summed E-state index contributed by atoms with van der Waals surface area (Å²) in [5.41, 5.74) is -5.97. The predicted molar refractivity (Wildman–Crippen MR) is 65.2 cm³/mol. The number of nitrogens with one attached hydrogen (secondary N) is 1. The fraction of sp³-hybridized carbons (Fsp3) is 0.364. The normalized spacial score (nSPS) is 13.7. The van der Waals surface area contributed by atoms with E-state index in [0.29, 0.717) is 17.3 Å². The molecule has 2 aromatic rings. The number of anilines is 1. The molecule has 2 rings (SSSR count). The van der Waals surface area contributed by atoms with Crippen LogP contribution in [0.4, 0.5) is 31.5 Å². The Kier molecular flexibility index (Phi) is 3.57. The highest BCUT2D eigenvalue weighted by molar-refractivity contribution is 7.22. The summed E-state index contributed by atoms with van der Waals surface area (Å²) in [6, 6.07) is 2.22. The zero-order valence-corrected chi connectivity index (χ0v) is 11.1. The Balaban J connectivity index is 2.66. The second-order valence-corrected chi connectivity index (χ2v) is 5.19. The third kappa shape index (κ3) is 2.42. The van der Waals surface area contributed by atoms with Gasteiger partial charge < -0.3 is 10.4 Å². The van der Waals surface area contributed by atoms with Crippen molar-refractivity contribution in [3.8, 4) is 0 Å². The van der Waals surface area contributed by atoms with Gasteiger partial charge in [0.25, 0.3) is 5.60 Å². The lowest BCUT2D eigenvalue weighted by atomic mass is 9.92. The average Bonchev–Trinajstić information content (AvgIpc) is 2.76. The van der Waals surface area contributed by atoms with Crippen LogP contribution in [0, 0.1) is 0 Å². The standard InChI is InChI=1S/C11H8F6N2OS/c1-18-8-19-6-3-2-5(4-7(6)21-8)9(20,10(12,13)14)11(15,16)17/h2-4,20H,1H3,(H,18,19). The van der Waals surface area contributed by atoms with E-state index in [1.54, 1.807) is 0 Å². The summed E-state index contributed by atoms with van der Waals surface area (Å²) in [5.74, 6) is 0. The minimum Gasteiger partial charge on any atom is -0.369 e. The molecule has 3 nitrogen and oxygen atoms in total. The lowest BCUT2D eigenvalue weighted by molar-refractivity contribution is -0.376. The lowest BCUT2D eigenvalue weighted by Gasteiger charge is -2.32. The number of benzene rings is 1. The van der Waals surface area contributed by atoms with Crippen LogP contribution >= 0.6 is 11.3 Å². The van der Waals surface area contributed by atoms with Gasteiger partial charge in [-0.15, -0.1) is 0 Å². The van der Waals surface area contributed by atoms with Crippen molar-refractivity contribution in [1.82, 2.24) is 4.98 Å². The summed E-state index contributed by atoms with van der Waals surface area (Å²) in [4.78, 5) is 3.94. The van der Waals surface area contributed by atoms with E-state index >= 15 is 0 Å². The monoisotopic (exact) mass is 330 g/mol. The topological polar surface area (TPSA) is 45.2 Å². The zero-order valence-electron chi connectivity index (χ0n) is 10.3. The van der Waals surface area contributed by atoms with Gasteiger partial charge >= 0.3 is 12.4 Å². The molecule has 0 saturated heterocycles. The molecular formula is C11H8F6N2OS. The van der Waals surface area contributed by atoms with Gasteiger partial charge in [-0.25, -0.2) is 4.98 Å². The minimum absolute atomic E-state index is 0.101. The molecule has 0 atom stereocenters. The van der Waals surface area contributed by atoms with Gasteiger partial charge in [0.2, 0.25) is 0 Å². The SMILES string of the molecule is CNc1nc2ccc(C(O)(C(F)(F)F)C(F)(F)F)cc2s1. The predicted octanol–water partition coefficient (Wildman–Crippen LogP) is 3.65. The lowest BCUT2D eigenvalue weighted by Crippen LogP contribution is -2.53. The van der Waals surface area contributed by atoms with Crippen molar-refractivity contribution in [1.29, 1.82) is 0 Å². The molecular weight excluding hydrogens is 322 g/mol. The first-order valence-corrected chi connectivity index (χ1v) is 6.27. The summed E-state index contributed by atoms with van der Waals surface area (Å²) in [5, 5.41) is 12.3. The van der Waals surface area contributed by atoms with E-state index in [1.807, 2.05) is 0 Å². The van der Waals surface area contributed by atoms with E-state index in [9.17, 15) is 31.4 Å². The van der Waals surface area contributed by atoms with Crippen LogP contribution < -0.4 is 5.32 Å². The van der Waals surface area contributed by atoms with Crippen LogP contribution in [0.15, 0.2) is 18.2 Å². The van der Waals surface area contributed by atoms with Gasteiger partial charge in [0.1, 0.15) is 0 Å². The molecule has 0 aliphatic rings. The van der Waals surface area contributed by atoms with Crippen molar-refractivity contribution in [3.05, 3.63) is 23.8 Å². The molecule has 0 amide bonds. The van der Waals surface area contributed by atoms with E-state index in [2.05, 4.69) is 10.3 Å². The molecule has 0 spiro atoms. The molecule has 0 aliphatic heterocycles. The molecule has 0 unspecified atom stereocenters. The highest BCUT2D eigenvalue weighted by Crippen LogP contribution is 2.50. The third-order valence-electron chi connectivity index (χ3n) is 2.84. The summed E-state index contributed by atoms with van der Waals surface area (Å²) < 4.78 is 76.7. The first-order valence-electron chi connectivity index (χ1n) is 5.45. The summed E-state index contributed by atoms with van der Waals surface area (Å²) in [7, 11) is 1.51. The van der Waals surface area contributed by atoms with Crippen molar-refractivity contribution in [2.45, 2.75) is 18.0 Å². The molecule has 0 saturated carbocycles. The molecule has 1 aromatic carbocycles. The second-order valence-electron chi connectivity index (χ2n) is 4.16. The van der Waals surface area contributed by atoms with Crippen LogP contribution in [0.25, 0.3) is 10.2 Å². The first-order chi connectivity index (χ1) is 9.50. The molecule has 10 heteroatoms. The van der Waals surface area contributed by atoms with E-state index in [0.717, 1.165) is 17.4 Å². The number of alkyl halides is 6. The number of halogens is 6. The number of rotatable bonds is 2. The Hall–Kier alpha value is -1.55. The largest absolute Gasteiger partial charge is 0.430 e. The number of aliphatic hydroxyl groups is 1. The fourth-order valence-electron chi connectivity index (χ4n) is 1.74. The maximum atomic E-state index is 12.8. The zero-order chi connectivity index (χ0) is 16.1. The van der Waals surface area contributed by atoms with E-state index in [4.69, 9.17) is 0 Å². The fourth-order valence-corrected chi connectivity index (χ4v) is 2.60. The third-order valence-corrected chi connectivity index (χ3v) is 3.88. The van der Waals surface area contributed by atoms with Crippen LogP contribution in [0.2, 0.25) is 0 Å². The molecule has 2 N–H and O–H groups in total. The number of nitrogens with zero attached hydrogens (tertiary/aromatic N) is 1. The smallest absolute Gasteiger partial charge is 0.369 e. The quantitative estimate of drug-likeness (QED) is 0.826. The number of aromatic nitrogens is 1. The molecule has 21 heavy (non-hydrogen) atoms. The van der Waals surface area contributed by atoms with Crippen molar-refractivity contribution >= 4 is 26.7 Å². The maximum Gasteiger partial charge on any atom is 0.430 e. The van der Waals surface area contributed by atoms with Crippen LogP contribution in [0.3, 0.4) is 0 Å². The maximum absolute atomic E-state index is 12.8. The number of thiazole rings is 1. The Morgan fingerprint density at radius 1 is 1.10 bits per heavy atom. The van der Waals surface area contributed by atoms with Crippen molar-refractivity contribution in [2.24, 2.45) is 0 Å². The van der Waals surface area contributed by atoms with Gasteiger partial charge in [0, 0.05) is 12.6 Å². The molecule has 1 heterocycles. The van der Waals surface area contributed by atoms with Gasteiger partial charge in [-0.1, -0.05) is 17.4 Å². The molecule has 0 aliphatic carbocycles. The van der Waals surface area contributed by atoms with Crippen molar-refractivity contribution in [2.75, 3.05) is 12.4 Å². The van der Waals surface area contributed by atoms with Crippen LogP contribution in [0.1, 0.15) is 5.56 Å². The minimum atomic E-state index is -5.89. The Labute approximate surface area is 118 Å². The van der Waals surface area contributed by atoms with Gasteiger partial charge in [0.05, 0.1) is 10.2 Å². The molecule has 1 aromatic heterocycles. The Bertz CT molecular complexity index is 649. The van der Waals surface area contributed by atoms with Gasteiger partial charge in [-0.2, -0.15) is 26.3 Å². The first kappa shape index (κ1) is 15.8. The van der Waals surface area contributed by atoms with Crippen LogP contribution in [0.5, 0.6) is 0 Å². The summed E-state index contributed by atoms with van der Waals surface area (Å²) in [6.45, 7) is 0. The van der Waals surface area contributed by atoms with Crippen LogP contribution in [-0.4, -0.2) is 29.5 Å². The number of hydrogen-bond donors (Lipinski definition) is 2. The Morgan fingerprint density at radius 3 is 2.14 bits per heavy atom. The molecule has 0 fully saturated rings. The van der Waals surface area contributed by atoms with Crippen LogP contribution in [-0.2, 0) is 5.60 Å². The highest BCUT2D eigenvalue weighted by atomic mass is 32.1. The average molecular weight is 330 g/mol. The summed E-state index contributed by atoms with van der Waals surface area (Å²) >= 11 is 0.881. The molecule has 0 radical (unpaired) electrons. The van der Waals surface area contributed by atoms with Gasteiger partial charge in [0.15, 0.2) is 5.13 Å². The van der Waals surface area contributed by atoms with Crippen molar-refractivity contribution < 1.29 is 31.4 Å². The molecule has 0 bridgehead atoms. The molecule has 116 valence electrons. The number of hydrogen-bond acceptors (Lipinski definition) is 4. The second kappa shape index (κ2) is 4.73.